The molecular formula is C13H22N2O3S. The maximum atomic E-state index is 12.2. The molecule has 2 aliphatic rings. The van der Waals surface area contributed by atoms with E-state index < -0.39 is 5.97 Å². The molecule has 0 spiro atoms. The van der Waals surface area contributed by atoms with Crippen molar-refractivity contribution in [2.24, 2.45) is 0 Å². The van der Waals surface area contributed by atoms with Gasteiger partial charge >= 0.3 is 5.97 Å². The molecule has 19 heavy (non-hydrogen) atoms. The summed E-state index contributed by atoms with van der Waals surface area (Å²) in [4.78, 5) is 24.8. The summed E-state index contributed by atoms with van der Waals surface area (Å²) in [5.74, 6) is 0.875. The number of rotatable bonds is 5. The molecule has 1 atom stereocenters. The fourth-order valence-corrected chi connectivity index (χ4v) is 3.88. The van der Waals surface area contributed by atoms with Crippen molar-refractivity contribution in [3.63, 3.8) is 0 Å². The van der Waals surface area contributed by atoms with E-state index in [9.17, 15) is 9.59 Å². The van der Waals surface area contributed by atoms with Gasteiger partial charge in [0.25, 0.3) is 0 Å². The Kier molecular flexibility index (Phi) is 5.51. The number of aliphatic carboxylic acids is 1. The van der Waals surface area contributed by atoms with E-state index in [0.29, 0.717) is 19.1 Å². The third kappa shape index (κ3) is 4.38. The predicted molar refractivity (Wildman–Crippen MR) is 75.3 cm³/mol. The highest BCUT2D eigenvalue weighted by atomic mass is 32.2. The quantitative estimate of drug-likeness (QED) is 0.787. The predicted octanol–water partition coefficient (Wildman–Crippen LogP) is 0.937. The van der Waals surface area contributed by atoms with Gasteiger partial charge in [-0.25, -0.2) is 0 Å². The van der Waals surface area contributed by atoms with Crippen LogP contribution in [0.25, 0.3) is 0 Å². The van der Waals surface area contributed by atoms with Crippen LogP contribution in [0.5, 0.6) is 0 Å². The second-order valence-corrected chi connectivity index (χ2v) is 6.43. The summed E-state index contributed by atoms with van der Waals surface area (Å²) in [6.45, 7) is 1.03. The molecule has 0 aromatic heterocycles. The summed E-state index contributed by atoms with van der Waals surface area (Å²) in [5, 5.41) is 12.2. The Balaban J connectivity index is 1.82. The van der Waals surface area contributed by atoms with Crippen LogP contribution in [-0.4, -0.2) is 58.6 Å². The number of carboxylic acids is 1. The van der Waals surface area contributed by atoms with Crippen molar-refractivity contribution in [1.82, 2.24) is 10.2 Å². The molecule has 2 fully saturated rings. The highest BCUT2D eigenvalue weighted by Gasteiger charge is 2.29. The monoisotopic (exact) mass is 286 g/mol. The van der Waals surface area contributed by atoms with Crippen LogP contribution in [0.2, 0.25) is 0 Å². The summed E-state index contributed by atoms with van der Waals surface area (Å²) < 4.78 is 0. The molecule has 6 heteroatoms. The average molecular weight is 286 g/mol. The first-order chi connectivity index (χ1) is 9.16. The van der Waals surface area contributed by atoms with E-state index in [0.717, 1.165) is 24.3 Å². The third-order valence-electron chi connectivity index (χ3n) is 3.86. The highest BCUT2D eigenvalue weighted by molar-refractivity contribution is 7.99. The molecule has 0 aromatic rings. The smallest absolute Gasteiger partial charge is 0.305 e. The van der Waals surface area contributed by atoms with Crippen LogP contribution in [0.15, 0.2) is 0 Å². The second-order valence-electron chi connectivity index (χ2n) is 5.28. The Morgan fingerprint density at radius 1 is 1.32 bits per heavy atom. The summed E-state index contributed by atoms with van der Waals surface area (Å²) in [6.07, 6.45) is 4.85. The fraction of sp³-hybridized carbons (Fsp3) is 0.846. The van der Waals surface area contributed by atoms with Gasteiger partial charge in [-0.3, -0.25) is 9.59 Å². The third-order valence-corrected chi connectivity index (χ3v) is 4.95. The number of thioether (sulfide) groups is 1. The first-order valence-corrected chi connectivity index (χ1v) is 8.14. The highest BCUT2D eigenvalue weighted by Crippen LogP contribution is 2.20. The molecule has 108 valence electrons. The van der Waals surface area contributed by atoms with Crippen LogP contribution in [0, 0.1) is 0 Å². The number of nitrogens with one attached hydrogen (secondary N) is 1. The summed E-state index contributed by atoms with van der Waals surface area (Å²) >= 11 is 1.73. The minimum absolute atomic E-state index is 0.0541. The number of hydrogen-bond donors (Lipinski definition) is 2. The Morgan fingerprint density at radius 3 is 2.74 bits per heavy atom. The zero-order valence-corrected chi connectivity index (χ0v) is 12.0. The molecule has 0 bridgehead atoms. The van der Waals surface area contributed by atoms with Crippen molar-refractivity contribution in [2.45, 2.75) is 44.2 Å². The molecule has 1 saturated carbocycles. The molecule has 2 rings (SSSR count). The van der Waals surface area contributed by atoms with E-state index in [-0.39, 0.29) is 18.4 Å². The van der Waals surface area contributed by atoms with Gasteiger partial charge in [-0.2, -0.15) is 11.8 Å². The lowest BCUT2D eigenvalue weighted by molar-refractivity contribution is -0.140. The zero-order chi connectivity index (χ0) is 13.7. The van der Waals surface area contributed by atoms with E-state index in [1.54, 1.807) is 16.7 Å². The van der Waals surface area contributed by atoms with E-state index in [1.807, 2.05) is 0 Å². The normalized spacial score (nSPS) is 24.6. The van der Waals surface area contributed by atoms with Crippen LogP contribution >= 0.6 is 11.8 Å². The Morgan fingerprint density at radius 2 is 2.05 bits per heavy atom. The molecule has 1 heterocycles. The standard InChI is InChI=1S/C13H22N2O3S/c16-12(8-14-10-3-1-2-4-10)15-5-6-19-9-11(15)7-13(17)18/h10-11,14H,1-9H2,(H,17,18). The molecular weight excluding hydrogens is 264 g/mol. The SMILES string of the molecule is O=C(O)CC1CSCCN1C(=O)CNC1CCCC1. The number of amides is 1. The summed E-state index contributed by atoms with van der Waals surface area (Å²) in [5.41, 5.74) is 0. The minimum Gasteiger partial charge on any atom is -0.481 e. The molecule has 0 radical (unpaired) electrons. The van der Waals surface area contributed by atoms with Crippen LogP contribution in [0.3, 0.4) is 0 Å². The number of nitrogens with zero attached hydrogens (tertiary/aromatic N) is 1. The van der Waals surface area contributed by atoms with Gasteiger partial charge < -0.3 is 15.3 Å². The lowest BCUT2D eigenvalue weighted by Gasteiger charge is -2.35. The molecule has 1 amide bonds. The molecule has 1 aliphatic heterocycles. The van der Waals surface area contributed by atoms with Gasteiger partial charge in [-0.1, -0.05) is 12.8 Å². The number of hydrogen-bond acceptors (Lipinski definition) is 4. The maximum Gasteiger partial charge on any atom is 0.305 e. The van der Waals surface area contributed by atoms with Gasteiger partial charge in [-0.05, 0) is 12.8 Å². The lowest BCUT2D eigenvalue weighted by Crippen LogP contribution is -2.50. The van der Waals surface area contributed by atoms with Crippen molar-refractivity contribution in [3.05, 3.63) is 0 Å². The number of carbonyl (C=O) groups excluding carboxylic acids is 1. The van der Waals surface area contributed by atoms with Gasteiger partial charge in [0.15, 0.2) is 0 Å². The number of carboxylic acid groups (broad SMARTS) is 1. The molecule has 2 N–H and O–H groups in total. The first-order valence-electron chi connectivity index (χ1n) is 6.99. The molecule has 5 nitrogen and oxygen atoms in total. The molecule has 1 saturated heterocycles. The second kappa shape index (κ2) is 7.14. The summed E-state index contributed by atoms with van der Waals surface area (Å²) in [7, 11) is 0. The first kappa shape index (κ1) is 14.7. The Labute approximate surface area is 118 Å². The summed E-state index contributed by atoms with van der Waals surface area (Å²) in [6, 6.07) is 0.329. The van der Waals surface area contributed by atoms with E-state index in [1.165, 1.54) is 12.8 Å². The topological polar surface area (TPSA) is 69.6 Å². The largest absolute Gasteiger partial charge is 0.481 e. The van der Waals surface area contributed by atoms with Crippen LogP contribution < -0.4 is 5.32 Å². The van der Waals surface area contributed by atoms with Crippen molar-refractivity contribution in [2.75, 3.05) is 24.6 Å². The lowest BCUT2D eigenvalue weighted by atomic mass is 10.2. The van der Waals surface area contributed by atoms with Crippen molar-refractivity contribution >= 4 is 23.6 Å². The van der Waals surface area contributed by atoms with E-state index >= 15 is 0 Å². The van der Waals surface area contributed by atoms with Crippen molar-refractivity contribution in [1.29, 1.82) is 0 Å². The van der Waals surface area contributed by atoms with E-state index in [4.69, 9.17) is 5.11 Å². The average Bonchev–Trinajstić information content (AvgIpc) is 2.89. The van der Waals surface area contributed by atoms with Gasteiger partial charge in [0, 0.05) is 24.1 Å². The number of carbonyl (C=O) groups is 2. The molecule has 1 unspecified atom stereocenters. The van der Waals surface area contributed by atoms with Gasteiger partial charge in [-0.15, -0.1) is 0 Å². The van der Waals surface area contributed by atoms with Gasteiger partial charge in [0.2, 0.25) is 5.91 Å². The maximum absolute atomic E-state index is 12.2. The van der Waals surface area contributed by atoms with Crippen LogP contribution in [0.1, 0.15) is 32.1 Å². The fourth-order valence-electron chi connectivity index (χ4n) is 2.82. The zero-order valence-electron chi connectivity index (χ0n) is 11.1. The Bertz CT molecular complexity index is 332. The van der Waals surface area contributed by atoms with Crippen molar-refractivity contribution in [3.8, 4) is 0 Å². The van der Waals surface area contributed by atoms with Gasteiger partial charge in [0.1, 0.15) is 0 Å². The Hall–Kier alpha value is -0.750. The molecule has 1 aliphatic carbocycles. The van der Waals surface area contributed by atoms with Crippen LogP contribution in [0.4, 0.5) is 0 Å². The molecule has 0 aromatic carbocycles. The van der Waals surface area contributed by atoms with E-state index in [2.05, 4.69) is 5.32 Å². The van der Waals surface area contributed by atoms with Gasteiger partial charge in [0.05, 0.1) is 19.0 Å². The minimum atomic E-state index is -0.825. The van der Waals surface area contributed by atoms with Crippen molar-refractivity contribution < 1.29 is 14.7 Å². The van der Waals surface area contributed by atoms with Crippen LogP contribution in [-0.2, 0) is 9.59 Å².